The Morgan fingerprint density at radius 1 is 1.33 bits per heavy atom. The Morgan fingerprint density at radius 3 is 3.00 bits per heavy atom. The van der Waals surface area contributed by atoms with E-state index in [0.717, 1.165) is 31.8 Å². The Balaban J connectivity index is 1.79. The molecular weight excluding hydrogens is 304 g/mol. The van der Waals surface area contributed by atoms with Crippen molar-refractivity contribution < 1.29 is 9.53 Å². The van der Waals surface area contributed by atoms with E-state index in [2.05, 4.69) is 21.5 Å². The minimum absolute atomic E-state index is 0.00847. The molecule has 1 saturated heterocycles. The molecule has 128 valence electrons. The van der Waals surface area contributed by atoms with E-state index in [4.69, 9.17) is 4.74 Å². The molecule has 6 heteroatoms. The molecular formula is C18H24N4O2. The fourth-order valence-corrected chi connectivity index (χ4v) is 3.30. The van der Waals surface area contributed by atoms with Crippen LogP contribution in [0.15, 0.2) is 30.7 Å². The summed E-state index contributed by atoms with van der Waals surface area (Å²) >= 11 is 0. The van der Waals surface area contributed by atoms with Gasteiger partial charge in [0.2, 0.25) is 5.88 Å². The predicted molar refractivity (Wildman–Crippen MR) is 91.2 cm³/mol. The van der Waals surface area contributed by atoms with Crippen molar-refractivity contribution in [2.24, 2.45) is 0 Å². The van der Waals surface area contributed by atoms with Crippen molar-refractivity contribution in [2.75, 3.05) is 19.7 Å². The highest BCUT2D eigenvalue weighted by molar-refractivity contribution is 5.96. The van der Waals surface area contributed by atoms with Gasteiger partial charge in [0.15, 0.2) is 0 Å². The van der Waals surface area contributed by atoms with Crippen LogP contribution in [0.2, 0.25) is 0 Å². The molecule has 1 aliphatic rings. The lowest BCUT2D eigenvalue weighted by molar-refractivity contribution is 0.0698. The van der Waals surface area contributed by atoms with Gasteiger partial charge in [-0.3, -0.25) is 4.79 Å². The van der Waals surface area contributed by atoms with Gasteiger partial charge in [0.1, 0.15) is 11.4 Å². The van der Waals surface area contributed by atoms with Crippen molar-refractivity contribution in [3.63, 3.8) is 0 Å². The van der Waals surface area contributed by atoms with Gasteiger partial charge < -0.3 is 14.2 Å². The summed E-state index contributed by atoms with van der Waals surface area (Å²) in [5.41, 5.74) is 0.541. The first-order valence-corrected chi connectivity index (χ1v) is 8.62. The summed E-state index contributed by atoms with van der Waals surface area (Å²) in [6.07, 6.45) is 7.54. The number of likely N-dealkylation sites (tertiary alicyclic amines) is 1. The molecule has 3 heterocycles. The lowest BCUT2D eigenvalue weighted by Crippen LogP contribution is -2.40. The predicted octanol–water partition coefficient (Wildman–Crippen LogP) is 2.72. The first-order chi connectivity index (χ1) is 11.7. The second-order valence-electron chi connectivity index (χ2n) is 5.95. The highest BCUT2D eigenvalue weighted by Gasteiger charge is 2.29. The van der Waals surface area contributed by atoms with Gasteiger partial charge in [-0.05, 0) is 38.8 Å². The Morgan fingerprint density at radius 2 is 2.21 bits per heavy atom. The molecule has 0 spiro atoms. The van der Waals surface area contributed by atoms with Crippen molar-refractivity contribution in [3.05, 3.63) is 42.1 Å². The Labute approximate surface area is 142 Å². The summed E-state index contributed by atoms with van der Waals surface area (Å²) in [7, 11) is 0. The van der Waals surface area contributed by atoms with Crippen molar-refractivity contribution >= 4 is 5.91 Å². The van der Waals surface area contributed by atoms with Gasteiger partial charge in [0.05, 0.1) is 6.61 Å². The molecule has 1 aliphatic heterocycles. The van der Waals surface area contributed by atoms with Crippen molar-refractivity contribution in [1.82, 2.24) is 19.4 Å². The highest BCUT2D eigenvalue weighted by atomic mass is 16.5. The molecule has 0 aliphatic carbocycles. The van der Waals surface area contributed by atoms with Gasteiger partial charge >= 0.3 is 0 Å². The zero-order valence-electron chi connectivity index (χ0n) is 14.3. The minimum Gasteiger partial charge on any atom is -0.477 e. The lowest BCUT2D eigenvalue weighted by atomic mass is 9.96. The third-order valence-electron chi connectivity index (χ3n) is 4.44. The molecule has 0 unspecified atom stereocenters. The summed E-state index contributed by atoms with van der Waals surface area (Å²) in [4.78, 5) is 23.6. The molecule has 0 radical (unpaired) electrons. The standard InChI is InChI=1S/C18H24N4O2/c1-3-21-12-10-19-16(21)14-7-6-11-22(13-14)18(23)15-8-5-9-20-17(15)24-4-2/h5,8-10,12,14H,3-4,6-7,11,13H2,1-2H3/t14-/m0/s1. The van der Waals surface area contributed by atoms with E-state index in [0.29, 0.717) is 24.6 Å². The summed E-state index contributed by atoms with van der Waals surface area (Å²) in [5, 5.41) is 0. The van der Waals surface area contributed by atoms with E-state index in [1.807, 2.05) is 24.2 Å². The van der Waals surface area contributed by atoms with Crippen molar-refractivity contribution in [2.45, 2.75) is 39.2 Å². The van der Waals surface area contributed by atoms with Crippen molar-refractivity contribution in [1.29, 1.82) is 0 Å². The van der Waals surface area contributed by atoms with E-state index in [9.17, 15) is 4.79 Å². The third-order valence-corrected chi connectivity index (χ3v) is 4.44. The smallest absolute Gasteiger partial charge is 0.259 e. The van der Waals surface area contributed by atoms with Crippen LogP contribution >= 0.6 is 0 Å². The molecule has 0 saturated carbocycles. The van der Waals surface area contributed by atoms with Gasteiger partial charge in [-0.2, -0.15) is 0 Å². The van der Waals surface area contributed by atoms with E-state index in [-0.39, 0.29) is 11.8 Å². The van der Waals surface area contributed by atoms with Crippen LogP contribution in [0.3, 0.4) is 0 Å². The van der Waals surface area contributed by atoms with E-state index >= 15 is 0 Å². The number of carbonyl (C=O) groups excluding carboxylic acids is 1. The van der Waals surface area contributed by atoms with E-state index in [1.165, 1.54) is 0 Å². The number of imidazole rings is 1. The van der Waals surface area contributed by atoms with Gasteiger partial charge in [-0.1, -0.05) is 0 Å². The summed E-state index contributed by atoms with van der Waals surface area (Å²) in [6, 6.07) is 3.57. The first kappa shape index (κ1) is 16.5. The van der Waals surface area contributed by atoms with Gasteiger partial charge in [-0.15, -0.1) is 0 Å². The van der Waals surface area contributed by atoms with Crippen LogP contribution in [-0.2, 0) is 6.54 Å². The molecule has 6 nitrogen and oxygen atoms in total. The molecule has 1 fully saturated rings. The summed E-state index contributed by atoms with van der Waals surface area (Å²) in [6.45, 7) is 6.86. The van der Waals surface area contributed by atoms with Crippen LogP contribution in [0.25, 0.3) is 0 Å². The van der Waals surface area contributed by atoms with Crippen LogP contribution in [0.5, 0.6) is 5.88 Å². The highest BCUT2D eigenvalue weighted by Crippen LogP contribution is 2.28. The molecule has 0 bridgehead atoms. The number of nitrogens with zero attached hydrogens (tertiary/aromatic N) is 4. The number of pyridine rings is 1. The van der Waals surface area contributed by atoms with Crippen LogP contribution in [0, 0.1) is 0 Å². The van der Waals surface area contributed by atoms with Crippen molar-refractivity contribution in [3.8, 4) is 5.88 Å². The lowest BCUT2D eigenvalue weighted by Gasteiger charge is -2.32. The number of aryl methyl sites for hydroxylation is 1. The molecule has 0 aromatic carbocycles. The molecule has 3 rings (SSSR count). The second kappa shape index (κ2) is 7.47. The van der Waals surface area contributed by atoms with Gasteiger partial charge in [0, 0.05) is 44.1 Å². The zero-order valence-corrected chi connectivity index (χ0v) is 14.3. The SMILES string of the molecule is CCOc1ncccc1C(=O)N1CCC[C@H](c2nccn2CC)C1. The fraction of sp³-hybridized carbons (Fsp3) is 0.500. The van der Waals surface area contributed by atoms with Crippen LogP contribution in [0.1, 0.15) is 48.8 Å². The number of piperidine rings is 1. The maximum absolute atomic E-state index is 12.9. The largest absolute Gasteiger partial charge is 0.477 e. The topological polar surface area (TPSA) is 60.2 Å². The average Bonchev–Trinajstić information content (AvgIpc) is 3.11. The number of amides is 1. The monoisotopic (exact) mass is 328 g/mol. The molecule has 2 aromatic rings. The van der Waals surface area contributed by atoms with Crippen LogP contribution in [-0.4, -0.2) is 45.0 Å². The Hall–Kier alpha value is -2.37. The third kappa shape index (κ3) is 3.27. The Kier molecular flexibility index (Phi) is 5.13. The minimum atomic E-state index is -0.00847. The second-order valence-corrected chi connectivity index (χ2v) is 5.95. The number of ether oxygens (including phenoxy) is 1. The Bertz CT molecular complexity index is 698. The van der Waals surface area contributed by atoms with Gasteiger partial charge in [-0.25, -0.2) is 9.97 Å². The van der Waals surface area contributed by atoms with Crippen LogP contribution < -0.4 is 4.74 Å². The maximum Gasteiger partial charge on any atom is 0.259 e. The number of rotatable bonds is 5. The number of hydrogen-bond acceptors (Lipinski definition) is 4. The molecule has 0 N–H and O–H groups in total. The normalized spacial score (nSPS) is 17.8. The molecule has 1 amide bonds. The quantitative estimate of drug-likeness (QED) is 0.847. The number of aromatic nitrogens is 3. The maximum atomic E-state index is 12.9. The first-order valence-electron chi connectivity index (χ1n) is 8.62. The molecule has 24 heavy (non-hydrogen) atoms. The average molecular weight is 328 g/mol. The van der Waals surface area contributed by atoms with E-state index in [1.54, 1.807) is 18.3 Å². The van der Waals surface area contributed by atoms with Crippen LogP contribution in [0.4, 0.5) is 0 Å². The molecule has 1 atom stereocenters. The number of hydrogen-bond donors (Lipinski definition) is 0. The zero-order chi connectivity index (χ0) is 16.9. The van der Waals surface area contributed by atoms with E-state index < -0.39 is 0 Å². The fourth-order valence-electron chi connectivity index (χ4n) is 3.30. The molecule has 2 aromatic heterocycles. The number of carbonyl (C=O) groups is 1. The summed E-state index contributed by atoms with van der Waals surface area (Å²) in [5.74, 6) is 1.77. The van der Waals surface area contributed by atoms with Gasteiger partial charge in [0.25, 0.3) is 5.91 Å². The summed E-state index contributed by atoms with van der Waals surface area (Å²) < 4.78 is 7.67.